The van der Waals surface area contributed by atoms with E-state index in [1.807, 2.05) is 0 Å². The van der Waals surface area contributed by atoms with Gasteiger partial charge >= 0.3 is 5.97 Å². The van der Waals surface area contributed by atoms with Crippen LogP contribution in [-0.4, -0.2) is 23.3 Å². The van der Waals surface area contributed by atoms with E-state index in [0.29, 0.717) is 15.8 Å². The minimum absolute atomic E-state index is 0.0578. The summed E-state index contributed by atoms with van der Waals surface area (Å²) in [4.78, 5) is 10.8. The summed E-state index contributed by atoms with van der Waals surface area (Å²) in [5.74, 6) is -1.32. The molecule has 0 amide bonds. The lowest BCUT2D eigenvalue weighted by Crippen LogP contribution is -2.07. The Morgan fingerprint density at radius 3 is 2.60 bits per heavy atom. The zero-order valence-corrected chi connectivity index (χ0v) is 9.91. The number of aromatic hydroxyl groups is 1. The van der Waals surface area contributed by atoms with Crippen molar-refractivity contribution in [3.8, 4) is 11.5 Å². The molecule has 0 saturated carbocycles. The number of rotatable bonds is 3. The number of carboxylic acid groups (broad SMARTS) is 1. The van der Waals surface area contributed by atoms with E-state index >= 15 is 0 Å². The highest BCUT2D eigenvalue weighted by Gasteiger charge is 2.19. The highest BCUT2D eigenvalue weighted by molar-refractivity contribution is 9.10. The Kier molecular flexibility index (Phi) is 3.57. The lowest BCUT2D eigenvalue weighted by atomic mass is 10.0. The van der Waals surface area contributed by atoms with Crippen molar-refractivity contribution in [2.24, 2.45) is 0 Å². The molecular formula is C10H11BrO4. The van der Waals surface area contributed by atoms with E-state index in [1.54, 1.807) is 0 Å². The zero-order valence-electron chi connectivity index (χ0n) is 8.32. The predicted molar refractivity (Wildman–Crippen MR) is 58.4 cm³/mol. The lowest BCUT2D eigenvalue weighted by Gasteiger charge is -2.12. The smallest absolute Gasteiger partial charge is 0.310 e. The number of hydrogen-bond donors (Lipinski definition) is 2. The van der Waals surface area contributed by atoms with Crippen LogP contribution >= 0.6 is 15.9 Å². The minimum atomic E-state index is -0.991. The Bertz CT molecular complexity index is 389. The zero-order chi connectivity index (χ0) is 11.6. The van der Waals surface area contributed by atoms with Gasteiger partial charge in [-0.15, -0.1) is 0 Å². The van der Waals surface area contributed by atoms with Gasteiger partial charge in [0.15, 0.2) is 0 Å². The molecule has 1 aromatic rings. The van der Waals surface area contributed by atoms with Crippen LogP contribution in [0.25, 0.3) is 0 Å². The molecule has 1 unspecified atom stereocenters. The molecule has 0 aromatic heterocycles. The Labute approximate surface area is 95.6 Å². The summed E-state index contributed by atoms with van der Waals surface area (Å²) in [6, 6.07) is 2.94. The van der Waals surface area contributed by atoms with Crippen LogP contribution < -0.4 is 4.74 Å². The fourth-order valence-corrected chi connectivity index (χ4v) is 1.69. The molecule has 5 heteroatoms. The SMILES string of the molecule is COc1cc(C(C)C(=O)O)c(O)cc1Br. The molecule has 2 N–H and O–H groups in total. The third-order valence-corrected chi connectivity index (χ3v) is 2.76. The summed E-state index contributed by atoms with van der Waals surface area (Å²) in [5.41, 5.74) is 0.336. The summed E-state index contributed by atoms with van der Waals surface area (Å²) in [6.07, 6.45) is 0. The maximum Gasteiger partial charge on any atom is 0.310 e. The molecule has 0 heterocycles. The van der Waals surface area contributed by atoms with Gasteiger partial charge in [-0.25, -0.2) is 0 Å². The maximum absolute atomic E-state index is 10.8. The monoisotopic (exact) mass is 274 g/mol. The standard InChI is InChI=1S/C10H11BrO4/c1-5(10(13)14)6-3-9(15-2)7(11)4-8(6)12/h3-5,12H,1-2H3,(H,13,14). The van der Waals surface area contributed by atoms with Crippen LogP contribution in [0.1, 0.15) is 18.4 Å². The Balaban J connectivity index is 3.24. The summed E-state index contributed by atoms with van der Waals surface area (Å²) < 4.78 is 5.61. The highest BCUT2D eigenvalue weighted by atomic mass is 79.9. The molecule has 0 aliphatic rings. The third kappa shape index (κ3) is 2.41. The lowest BCUT2D eigenvalue weighted by molar-refractivity contribution is -0.138. The van der Waals surface area contributed by atoms with E-state index in [4.69, 9.17) is 9.84 Å². The first kappa shape index (κ1) is 11.8. The summed E-state index contributed by atoms with van der Waals surface area (Å²) in [7, 11) is 1.48. The van der Waals surface area contributed by atoms with Gasteiger partial charge in [0.1, 0.15) is 11.5 Å². The van der Waals surface area contributed by atoms with E-state index in [0.717, 1.165) is 0 Å². The summed E-state index contributed by atoms with van der Waals surface area (Å²) in [6.45, 7) is 1.50. The normalized spacial score (nSPS) is 12.2. The van der Waals surface area contributed by atoms with Gasteiger partial charge in [-0.2, -0.15) is 0 Å². The van der Waals surface area contributed by atoms with Gasteiger partial charge in [0.25, 0.3) is 0 Å². The van der Waals surface area contributed by atoms with E-state index < -0.39 is 11.9 Å². The van der Waals surface area contributed by atoms with Gasteiger partial charge in [0.2, 0.25) is 0 Å². The fourth-order valence-electron chi connectivity index (χ4n) is 1.19. The van der Waals surface area contributed by atoms with Gasteiger partial charge in [-0.1, -0.05) is 0 Å². The van der Waals surface area contributed by atoms with Gasteiger partial charge in [-0.05, 0) is 35.0 Å². The molecule has 0 saturated heterocycles. The quantitative estimate of drug-likeness (QED) is 0.888. The van der Waals surface area contributed by atoms with Crippen LogP contribution in [-0.2, 0) is 4.79 Å². The van der Waals surface area contributed by atoms with Crippen molar-refractivity contribution in [1.29, 1.82) is 0 Å². The minimum Gasteiger partial charge on any atom is -0.508 e. The first-order chi connectivity index (χ1) is 6.97. The van der Waals surface area contributed by atoms with Crippen molar-refractivity contribution in [1.82, 2.24) is 0 Å². The molecule has 0 spiro atoms. The molecule has 1 atom stereocenters. The largest absolute Gasteiger partial charge is 0.508 e. The molecule has 1 rings (SSSR count). The third-order valence-electron chi connectivity index (χ3n) is 2.14. The number of methoxy groups -OCH3 is 1. The predicted octanol–water partition coefficient (Wildman–Crippen LogP) is 2.35. The molecule has 0 fully saturated rings. The van der Waals surface area contributed by atoms with Crippen molar-refractivity contribution in [3.63, 3.8) is 0 Å². The van der Waals surface area contributed by atoms with Crippen LogP contribution in [0.5, 0.6) is 11.5 Å². The van der Waals surface area contributed by atoms with Crippen LogP contribution in [0.2, 0.25) is 0 Å². The number of aliphatic carboxylic acids is 1. The van der Waals surface area contributed by atoms with Gasteiger partial charge in [0, 0.05) is 5.56 Å². The second kappa shape index (κ2) is 4.53. The Morgan fingerprint density at radius 2 is 2.13 bits per heavy atom. The number of halogens is 1. The highest BCUT2D eigenvalue weighted by Crippen LogP contribution is 2.35. The van der Waals surface area contributed by atoms with Crippen LogP contribution in [0.15, 0.2) is 16.6 Å². The van der Waals surface area contributed by atoms with Crippen LogP contribution in [0, 0.1) is 0 Å². The number of benzene rings is 1. The van der Waals surface area contributed by atoms with E-state index in [1.165, 1.54) is 26.2 Å². The molecular weight excluding hydrogens is 264 g/mol. The van der Waals surface area contributed by atoms with E-state index in [-0.39, 0.29) is 5.75 Å². The number of carboxylic acids is 1. The summed E-state index contributed by atoms with van der Waals surface area (Å²) >= 11 is 3.20. The average molecular weight is 275 g/mol. The van der Waals surface area contributed by atoms with Crippen LogP contribution in [0.4, 0.5) is 0 Å². The number of ether oxygens (including phenoxy) is 1. The van der Waals surface area contributed by atoms with Gasteiger partial charge in [-0.3, -0.25) is 4.79 Å². The number of phenolic OH excluding ortho intramolecular Hbond substituents is 1. The number of carbonyl (C=O) groups is 1. The number of phenols is 1. The van der Waals surface area contributed by atoms with Crippen molar-refractivity contribution in [3.05, 3.63) is 22.2 Å². The van der Waals surface area contributed by atoms with Crippen molar-refractivity contribution in [2.75, 3.05) is 7.11 Å². The fraction of sp³-hybridized carbons (Fsp3) is 0.300. The molecule has 15 heavy (non-hydrogen) atoms. The summed E-state index contributed by atoms with van der Waals surface area (Å²) in [5, 5.41) is 18.4. The topological polar surface area (TPSA) is 66.8 Å². The van der Waals surface area contributed by atoms with Crippen molar-refractivity contribution >= 4 is 21.9 Å². The van der Waals surface area contributed by atoms with E-state index in [9.17, 15) is 9.90 Å². The Hall–Kier alpha value is -1.23. The average Bonchev–Trinajstić information content (AvgIpc) is 2.17. The van der Waals surface area contributed by atoms with Crippen molar-refractivity contribution < 1.29 is 19.7 Å². The molecule has 0 radical (unpaired) electrons. The second-order valence-corrected chi connectivity index (χ2v) is 3.96. The van der Waals surface area contributed by atoms with Crippen LogP contribution in [0.3, 0.4) is 0 Å². The second-order valence-electron chi connectivity index (χ2n) is 3.11. The molecule has 0 aliphatic carbocycles. The van der Waals surface area contributed by atoms with Gasteiger partial charge < -0.3 is 14.9 Å². The van der Waals surface area contributed by atoms with Crippen molar-refractivity contribution in [2.45, 2.75) is 12.8 Å². The maximum atomic E-state index is 10.8. The molecule has 0 bridgehead atoms. The molecule has 82 valence electrons. The molecule has 4 nitrogen and oxygen atoms in total. The number of hydrogen-bond acceptors (Lipinski definition) is 3. The van der Waals surface area contributed by atoms with Gasteiger partial charge in [0.05, 0.1) is 17.5 Å². The molecule has 0 aliphatic heterocycles. The first-order valence-corrected chi connectivity index (χ1v) is 5.06. The first-order valence-electron chi connectivity index (χ1n) is 4.26. The molecule has 1 aromatic carbocycles. The van der Waals surface area contributed by atoms with E-state index in [2.05, 4.69) is 15.9 Å². The Morgan fingerprint density at radius 1 is 1.53 bits per heavy atom.